The van der Waals surface area contributed by atoms with Crippen LogP contribution < -0.4 is 10.1 Å². The molecule has 1 aliphatic carbocycles. The van der Waals surface area contributed by atoms with Crippen molar-refractivity contribution in [2.24, 2.45) is 5.92 Å². The molecule has 2 amide bonds. The number of likely N-dealkylation sites (tertiary alicyclic amines) is 1. The molecule has 2 heterocycles. The van der Waals surface area contributed by atoms with E-state index in [1.54, 1.807) is 18.2 Å². The number of ether oxygens (including phenoxy) is 1. The first-order valence-corrected chi connectivity index (χ1v) is 12.8. The number of halogens is 2. The van der Waals surface area contributed by atoms with Crippen LogP contribution in [-0.4, -0.2) is 63.2 Å². The molecule has 1 aromatic heterocycles. The van der Waals surface area contributed by atoms with Crippen LogP contribution in [-0.2, 0) is 18.7 Å². The van der Waals surface area contributed by atoms with Gasteiger partial charge >= 0.3 is 13.7 Å². The zero-order valence-electron chi connectivity index (χ0n) is 19.3. The molecular weight excluding hydrogens is 513 g/mol. The second kappa shape index (κ2) is 10.5. The fraction of sp³-hybridized carbons (Fsp3) is 0.391. The molecule has 1 atom stereocenters. The van der Waals surface area contributed by atoms with Gasteiger partial charge in [0, 0.05) is 36.3 Å². The summed E-state index contributed by atoms with van der Waals surface area (Å²) in [5.41, 5.74) is 1.53. The van der Waals surface area contributed by atoms with E-state index in [0.29, 0.717) is 16.9 Å². The maximum atomic E-state index is 14.8. The molecule has 3 N–H and O–H groups in total. The van der Waals surface area contributed by atoms with Crippen LogP contribution in [0.5, 0.6) is 5.75 Å². The van der Waals surface area contributed by atoms with Crippen molar-refractivity contribution in [2.75, 3.05) is 25.0 Å². The van der Waals surface area contributed by atoms with Gasteiger partial charge in [0.25, 0.3) is 0 Å². The smallest absolute Gasteiger partial charge is 0.470 e. The molecule has 37 heavy (non-hydrogen) atoms. The van der Waals surface area contributed by atoms with Gasteiger partial charge in [-0.25, -0.2) is 13.3 Å². The molecule has 0 bridgehead atoms. The minimum atomic E-state index is -4.92. The lowest BCUT2D eigenvalue weighted by molar-refractivity contribution is -0.161. The molecule has 0 radical (unpaired) electrons. The van der Waals surface area contributed by atoms with Crippen molar-refractivity contribution in [3.63, 3.8) is 0 Å². The number of alkyl halides is 2. The Morgan fingerprint density at radius 2 is 2.00 bits per heavy atom. The van der Waals surface area contributed by atoms with Crippen LogP contribution in [0.15, 0.2) is 36.5 Å². The van der Waals surface area contributed by atoms with E-state index in [9.17, 15) is 28.2 Å². The Balaban J connectivity index is 1.44. The van der Waals surface area contributed by atoms with Crippen LogP contribution >= 0.6 is 7.82 Å². The molecule has 2 aliphatic rings. The second-order valence-electron chi connectivity index (χ2n) is 8.75. The van der Waals surface area contributed by atoms with Gasteiger partial charge in [-0.05, 0) is 43.2 Å². The fourth-order valence-electron chi connectivity index (χ4n) is 3.80. The summed E-state index contributed by atoms with van der Waals surface area (Å²) in [4.78, 5) is 46.4. The van der Waals surface area contributed by atoms with E-state index in [0.717, 1.165) is 17.7 Å². The van der Waals surface area contributed by atoms with Gasteiger partial charge in [0.1, 0.15) is 18.4 Å². The van der Waals surface area contributed by atoms with Crippen LogP contribution in [0.3, 0.4) is 0 Å². The first-order valence-electron chi connectivity index (χ1n) is 11.3. The Hall–Kier alpha value is -3.43. The normalized spacial score (nSPS) is 19.1. The van der Waals surface area contributed by atoms with Gasteiger partial charge in [-0.1, -0.05) is 0 Å². The number of phosphoric acid groups is 1. The monoisotopic (exact) mass is 536 g/mol. The van der Waals surface area contributed by atoms with E-state index in [-0.39, 0.29) is 36.1 Å². The number of carbonyl (C=O) groups is 2. The third-order valence-corrected chi connectivity index (χ3v) is 6.35. The number of hydrogen-bond acceptors (Lipinski definition) is 7. The number of rotatable bonds is 8. The molecule has 2 aromatic rings. The van der Waals surface area contributed by atoms with E-state index < -0.39 is 38.9 Å². The van der Waals surface area contributed by atoms with Crippen molar-refractivity contribution >= 4 is 25.3 Å². The second-order valence-corrected chi connectivity index (χ2v) is 9.99. The van der Waals surface area contributed by atoms with Crippen molar-refractivity contribution in [3.8, 4) is 23.1 Å². The average molecular weight is 536 g/mol. The van der Waals surface area contributed by atoms with Gasteiger partial charge in [-0.15, -0.1) is 0 Å². The van der Waals surface area contributed by atoms with Gasteiger partial charge in [-0.3, -0.25) is 19.1 Å². The number of hydrogen-bond donors (Lipinski definition) is 3. The largest absolute Gasteiger partial charge is 0.483 e. The van der Waals surface area contributed by atoms with E-state index in [1.807, 2.05) is 6.07 Å². The molecule has 0 spiro atoms. The van der Waals surface area contributed by atoms with Crippen molar-refractivity contribution in [1.29, 1.82) is 5.26 Å². The number of amides is 2. The number of aromatic nitrogens is 1. The minimum Gasteiger partial charge on any atom is -0.483 e. The summed E-state index contributed by atoms with van der Waals surface area (Å²) in [6.45, 7) is -2.23. The van der Waals surface area contributed by atoms with E-state index in [1.165, 1.54) is 18.3 Å². The molecule has 1 saturated carbocycles. The Morgan fingerprint density at radius 1 is 1.24 bits per heavy atom. The lowest BCUT2D eigenvalue weighted by Gasteiger charge is -2.38. The predicted molar refractivity (Wildman–Crippen MR) is 124 cm³/mol. The Bertz CT molecular complexity index is 1290. The number of nitriles is 1. The molecular formula is C23H23F2N4O7P. The van der Waals surface area contributed by atoms with Gasteiger partial charge < -0.3 is 24.7 Å². The SMILES string of the molecule is N#Cc1cc(-c2cc(NC(=O)C3CC3)ccn2)ccc1O[C@H]1CCN(C(=O)COP(=O)(O)O)CC1(F)F. The summed E-state index contributed by atoms with van der Waals surface area (Å²) >= 11 is 0. The Morgan fingerprint density at radius 3 is 2.65 bits per heavy atom. The Labute approximate surface area is 210 Å². The molecule has 1 aromatic carbocycles. The fourth-order valence-corrected chi connectivity index (χ4v) is 4.08. The van der Waals surface area contributed by atoms with Gasteiger partial charge in [0.2, 0.25) is 11.8 Å². The molecule has 2 fully saturated rings. The maximum absolute atomic E-state index is 14.8. The summed E-state index contributed by atoms with van der Waals surface area (Å²) in [7, 11) is -4.92. The first kappa shape index (κ1) is 26.6. The van der Waals surface area contributed by atoms with Gasteiger partial charge in [0.05, 0.1) is 17.8 Å². The van der Waals surface area contributed by atoms with Crippen LogP contribution in [0.2, 0.25) is 0 Å². The third kappa shape index (κ3) is 6.87. The highest BCUT2D eigenvalue weighted by Gasteiger charge is 2.48. The summed E-state index contributed by atoms with van der Waals surface area (Å²) < 4.78 is 49.9. The molecule has 11 nitrogen and oxygen atoms in total. The molecule has 4 rings (SSSR count). The van der Waals surface area contributed by atoms with Gasteiger partial charge in [0.15, 0.2) is 6.10 Å². The van der Waals surface area contributed by atoms with Crippen molar-refractivity contribution in [1.82, 2.24) is 9.88 Å². The molecule has 1 aliphatic heterocycles. The predicted octanol–water partition coefficient (Wildman–Crippen LogP) is 2.69. The van der Waals surface area contributed by atoms with Crippen molar-refractivity contribution < 1.29 is 42.0 Å². The topological polar surface area (TPSA) is 162 Å². The number of nitrogens with one attached hydrogen (secondary N) is 1. The van der Waals surface area contributed by atoms with Gasteiger partial charge in [-0.2, -0.15) is 5.26 Å². The summed E-state index contributed by atoms with van der Waals surface area (Å²) in [6, 6.07) is 9.60. The number of nitrogens with zero attached hydrogens (tertiary/aromatic N) is 3. The van der Waals surface area contributed by atoms with Crippen molar-refractivity contribution in [3.05, 3.63) is 42.1 Å². The zero-order chi connectivity index (χ0) is 26.8. The van der Waals surface area contributed by atoms with Crippen LogP contribution in [0, 0.1) is 17.2 Å². The zero-order valence-corrected chi connectivity index (χ0v) is 20.2. The third-order valence-electron chi connectivity index (χ3n) is 5.88. The summed E-state index contributed by atoms with van der Waals surface area (Å²) in [5, 5.41) is 12.4. The lowest BCUT2D eigenvalue weighted by Crippen LogP contribution is -2.56. The molecule has 0 unspecified atom stereocenters. The number of piperidine rings is 1. The number of phosphoric ester groups is 1. The highest BCUT2D eigenvalue weighted by Crippen LogP contribution is 2.37. The highest BCUT2D eigenvalue weighted by molar-refractivity contribution is 7.46. The summed E-state index contributed by atoms with van der Waals surface area (Å²) in [5.74, 6) is -4.61. The highest BCUT2D eigenvalue weighted by atomic mass is 31.2. The minimum absolute atomic E-state index is 0.00364. The van der Waals surface area contributed by atoms with E-state index >= 15 is 0 Å². The van der Waals surface area contributed by atoms with E-state index in [2.05, 4.69) is 14.8 Å². The molecule has 1 saturated heterocycles. The first-order chi connectivity index (χ1) is 17.4. The van der Waals surface area contributed by atoms with Crippen LogP contribution in [0.25, 0.3) is 11.3 Å². The molecule has 14 heteroatoms. The summed E-state index contributed by atoms with van der Waals surface area (Å²) in [6.07, 6.45) is 1.29. The Kier molecular flexibility index (Phi) is 7.57. The van der Waals surface area contributed by atoms with E-state index in [4.69, 9.17) is 14.5 Å². The van der Waals surface area contributed by atoms with Crippen LogP contribution in [0.4, 0.5) is 14.5 Å². The standard InChI is InChI=1S/C23H23F2N4O7P/c24-23(25)13-29(21(30)12-35-37(32,33)34)8-6-20(23)36-19-4-3-15(9-16(19)11-26)18-10-17(5-7-27-18)28-22(31)14-1-2-14/h3-5,7,9-10,14,20H,1-2,6,8,12-13H2,(H,27,28,31)(H2,32,33,34)/t20-/m0/s1. The number of carbonyl (C=O) groups excluding carboxylic acids is 2. The average Bonchev–Trinajstić information content (AvgIpc) is 3.69. The lowest BCUT2D eigenvalue weighted by atomic mass is 10.0. The van der Waals surface area contributed by atoms with Crippen molar-refractivity contribution in [2.45, 2.75) is 31.3 Å². The quantitative estimate of drug-likeness (QED) is 0.431. The maximum Gasteiger partial charge on any atom is 0.470 e. The number of pyridine rings is 1. The van der Waals surface area contributed by atoms with Crippen LogP contribution in [0.1, 0.15) is 24.8 Å². The number of benzene rings is 1. The number of anilines is 1. The molecule has 196 valence electrons.